The smallest absolute Gasteiger partial charge is 0.317 e. The molecule has 1 saturated heterocycles. The number of carboxylic acid groups (broad SMARTS) is 1. The summed E-state index contributed by atoms with van der Waals surface area (Å²) in [4.78, 5) is 14.8. The lowest BCUT2D eigenvalue weighted by Gasteiger charge is -2.33. The fourth-order valence-electron chi connectivity index (χ4n) is 2.16. The maximum absolute atomic E-state index is 10.6. The fraction of sp³-hybridized carbons (Fsp3) is 0.462. The zero-order chi connectivity index (χ0) is 13.0. The number of hydrogen-bond donors (Lipinski definition) is 2. The largest absolute Gasteiger partial charge is 0.508 e. The normalized spacial score (nSPS) is 17.8. The van der Waals surface area contributed by atoms with Gasteiger partial charge in [0.25, 0.3) is 0 Å². The van der Waals surface area contributed by atoms with Gasteiger partial charge < -0.3 is 10.2 Å². The van der Waals surface area contributed by atoms with E-state index in [4.69, 9.17) is 5.11 Å². The summed E-state index contributed by atoms with van der Waals surface area (Å²) in [5.41, 5.74) is 1.17. The molecule has 2 N–H and O–H groups in total. The minimum Gasteiger partial charge on any atom is -0.508 e. The lowest BCUT2D eigenvalue weighted by molar-refractivity contribution is -0.138. The molecular weight excluding hydrogens is 232 g/mol. The summed E-state index contributed by atoms with van der Waals surface area (Å²) in [6, 6.07) is 7.21. The third kappa shape index (κ3) is 3.72. The number of aromatic hydroxyl groups is 1. The lowest BCUT2D eigenvalue weighted by atomic mass is 10.2. The van der Waals surface area contributed by atoms with E-state index < -0.39 is 5.97 Å². The first-order valence-electron chi connectivity index (χ1n) is 6.08. The van der Waals surface area contributed by atoms with Gasteiger partial charge in [-0.3, -0.25) is 14.6 Å². The molecule has 2 rings (SSSR count). The van der Waals surface area contributed by atoms with Crippen LogP contribution >= 0.6 is 0 Å². The monoisotopic (exact) mass is 250 g/mol. The first-order valence-corrected chi connectivity index (χ1v) is 6.08. The molecule has 0 atom stereocenters. The van der Waals surface area contributed by atoms with E-state index in [1.54, 1.807) is 12.1 Å². The summed E-state index contributed by atoms with van der Waals surface area (Å²) in [5, 5.41) is 17.9. The minimum atomic E-state index is -0.762. The molecule has 1 aromatic carbocycles. The quantitative estimate of drug-likeness (QED) is 0.819. The van der Waals surface area contributed by atoms with Crippen molar-refractivity contribution in [2.24, 2.45) is 0 Å². The van der Waals surface area contributed by atoms with E-state index >= 15 is 0 Å². The summed E-state index contributed by atoms with van der Waals surface area (Å²) in [5.74, 6) is -0.480. The Balaban J connectivity index is 1.79. The number of hydrogen-bond acceptors (Lipinski definition) is 4. The number of piperazine rings is 1. The van der Waals surface area contributed by atoms with Crippen molar-refractivity contribution >= 4 is 5.97 Å². The second-order valence-corrected chi connectivity index (χ2v) is 4.61. The van der Waals surface area contributed by atoms with E-state index in [-0.39, 0.29) is 12.3 Å². The van der Waals surface area contributed by atoms with Gasteiger partial charge in [0.1, 0.15) is 5.75 Å². The topological polar surface area (TPSA) is 64.0 Å². The molecule has 0 aromatic heterocycles. The summed E-state index contributed by atoms with van der Waals surface area (Å²) in [6.45, 7) is 4.34. The zero-order valence-electron chi connectivity index (χ0n) is 10.2. The highest BCUT2D eigenvalue weighted by Crippen LogP contribution is 2.12. The second kappa shape index (κ2) is 5.84. The number of rotatable bonds is 4. The molecule has 0 aliphatic carbocycles. The van der Waals surface area contributed by atoms with Crippen molar-refractivity contribution in [3.63, 3.8) is 0 Å². The van der Waals surface area contributed by atoms with Gasteiger partial charge in [0.05, 0.1) is 6.54 Å². The van der Waals surface area contributed by atoms with Crippen LogP contribution < -0.4 is 0 Å². The van der Waals surface area contributed by atoms with Gasteiger partial charge >= 0.3 is 5.97 Å². The van der Waals surface area contributed by atoms with Gasteiger partial charge in [0.2, 0.25) is 0 Å². The number of aliphatic carboxylic acids is 1. The van der Waals surface area contributed by atoms with Crippen LogP contribution in [0.4, 0.5) is 0 Å². The average molecular weight is 250 g/mol. The van der Waals surface area contributed by atoms with Gasteiger partial charge in [0.15, 0.2) is 0 Å². The van der Waals surface area contributed by atoms with Crippen LogP contribution in [0.15, 0.2) is 24.3 Å². The third-order valence-electron chi connectivity index (χ3n) is 3.17. The van der Waals surface area contributed by atoms with E-state index in [2.05, 4.69) is 4.90 Å². The molecule has 1 heterocycles. The number of benzene rings is 1. The van der Waals surface area contributed by atoms with Crippen molar-refractivity contribution in [2.75, 3.05) is 32.7 Å². The molecule has 0 saturated carbocycles. The molecule has 1 aliphatic heterocycles. The summed E-state index contributed by atoms with van der Waals surface area (Å²) >= 11 is 0. The molecule has 5 nitrogen and oxygen atoms in total. The van der Waals surface area contributed by atoms with Gasteiger partial charge in [0, 0.05) is 32.7 Å². The van der Waals surface area contributed by atoms with Gasteiger partial charge in [-0.2, -0.15) is 0 Å². The summed E-state index contributed by atoms with van der Waals surface area (Å²) in [6.07, 6.45) is 0. The molecule has 98 valence electrons. The van der Waals surface area contributed by atoms with Gasteiger partial charge in [-0.15, -0.1) is 0 Å². The first-order chi connectivity index (χ1) is 8.63. The molecule has 1 aromatic rings. The van der Waals surface area contributed by atoms with Crippen molar-refractivity contribution in [3.05, 3.63) is 29.8 Å². The van der Waals surface area contributed by atoms with Crippen molar-refractivity contribution in [1.82, 2.24) is 9.80 Å². The minimum absolute atomic E-state index is 0.132. The maximum atomic E-state index is 10.6. The molecule has 0 radical (unpaired) electrons. The Kier molecular flexibility index (Phi) is 4.17. The number of phenolic OH excluding ortho intramolecular Hbond substituents is 1. The Morgan fingerprint density at radius 3 is 2.17 bits per heavy atom. The van der Waals surface area contributed by atoms with Gasteiger partial charge in [-0.05, 0) is 17.7 Å². The molecule has 1 fully saturated rings. The van der Waals surface area contributed by atoms with Crippen LogP contribution in [0.5, 0.6) is 5.75 Å². The van der Waals surface area contributed by atoms with E-state index in [1.165, 1.54) is 5.56 Å². The molecule has 0 bridgehead atoms. The second-order valence-electron chi connectivity index (χ2n) is 4.61. The fourth-order valence-corrected chi connectivity index (χ4v) is 2.16. The molecule has 18 heavy (non-hydrogen) atoms. The Morgan fingerprint density at radius 2 is 1.61 bits per heavy atom. The van der Waals surface area contributed by atoms with Crippen molar-refractivity contribution in [1.29, 1.82) is 0 Å². The van der Waals surface area contributed by atoms with Crippen molar-refractivity contribution in [2.45, 2.75) is 6.54 Å². The average Bonchev–Trinajstić information content (AvgIpc) is 2.34. The number of nitrogens with zero attached hydrogens (tertiary/aromatic N) is 2. The number of carbonyl (C=O) groups is 1. The van der Waals surface area contributed by atoms with Crippen LogP contribution in [0.1, 0.15) is 5.56 Å². The molecule has 0 spiro atoms. The van der Waals surface area contributed by atoms with Crippen molar-refractivity contribution < 1.29 is 15.0 Å². The standard InChI is InChI=1S/C13H18N2O3/c16-12-3-1-11(2-4-12)9-14-5-7-15(8-6-14)10-13(17)18/h1-4,16H,5-10H2,(H,17,18). The summed E-state index contributed by atoms with van der Waals surface area (Å²) in [7, 11) is 0. The Morgan fingerprint density at radius 1 is 1.06 bits per heavy atom. The molecule has 1 aliphatic rings. The lowest BCUT2D eigenvalue weighted by Crippen LogP contribution is -2.47. The number of phenols is 1. The molecular formula is C13H18N2O3. The van der Waals surface area contributed by atoms with Crippen LogP contribution in [0, 0.1) is 0 Å². The maximum Gasteiger partial charge on any atom is 0.317 e. The van der Waals surface area contributed by atoms with Crippen LogP contribution in [-0.4, -0.2) is 58.7 Å². The Hall–Kier alpha value is -1.59. The highest BCUT2D eigenvalue weighted by atomic mass is 16.4. The highest BCUT2D eigenvalue weighted by molar-refractivity contribution is 5.69. The Bertz CT molecular complexity index is 397. The summed E-state index contributed by atoms with van der Waals surface area (Å²) < 4.78 is 0. The van der Waals surface area contributed by atoms with Crippen LogP contribution in [-0.2, 0) is 11.3 Å². The first kappa shape index (κ1) is 12.9. The van der Waals surface area contributed by atoms with Crippen LogP contribution in [0.2, 0.25) is 0 Å². The van der Waals surface area contributed by atoms with Crippen LogP contribution in [0.3, 0.4) is 0 Å². The van der Waals surface area contributed by atoms with E-state index in [0.29, 0.717) is 0 Å². The van der Waals surface area contributed by atoms with E-state index in [1.807, 2.05) is 17.0 Å². The van der Waals surface area contributed by atoms with Gasteiger partial charge in [-0.25, -0.2) is 0 Å². The molecule has 0 unspecified atom stereocenters. The predicted molar refractivity (Wildman–Crippen MR) is 67.5 cm³/mol. The zero-order valence-corrected chi connectivity index (χ0v) is 10.2. The molecule has 5 heteroatoms. The third-order valence-corrected chi connectivity index (χ3v) is 3.17. The van der Waals surface area contributed by atoms with E-state index in [9.17, 15) is 9.90 Å². The van der Waals surface area contributed by atoms with Crippen molar-refractivity contribution in [3.8, 4) is 5.75 Å². The van der Waals surface area contributed by atoms with Gasteiger partial charge in [-0.1, -0.05) is 12.1 Å². The van der Waals surface area contributed by atoms with E-state index in [0.717, 1.165) is 32.7 Å². The highest BCUT2D eigenvalue weighted by Gasteiger charge is 2.18. The molecule has 0 amide bonds. The SMILES string of the molecule is O=C(O)CN1CCN(Cc2ccc(O)cc2)CC1. The number of carboxylic acids is 1. The predicted octanol–water partition coefficient (Wildman–Crippen LogP) is 0.594. The Labute approximate surface area is 106 Å². The van der Waals surface area contributed by atoms with Crippen LogP contribution in [0.25, 0.3) is 0 Å².